The summed E-state index contributed by atoms with van der Waals surface area (Å²) >= 11 is 6.73. The fraction of sp³-hybridized carbons (Fsp3) is 0.125. The molecule has 0 saturated carbocycles. The van der Waals surface area contributed by atoms with Crippen molar-refractivity contribution in [3.63, 3.8) is 0 Å². The van der Waals surface area contributed by atoms with Crippen LogP contribution in [0.1, 0.15) is 15.9 Å². The Morgan fingerprint density at radius 3 is 2.57 bits per heavy atom. The smallest absolute Gasteiger partial charge is 0.349 e. The number of hydrogen-bond acceptors (Lipinski definition) is 4. The summed E-state index contributed by atoms with van der Waals surface area (Å²) in [5.74, 6) is -1.01. The maximum Gasteiger partial charge on any atom is 0.349 e. The topological polar surface area (TPSA) is 72.8 Å². The molecule has 2 rings (SSSR count). The van der Waals surface area contributed by atoms with Crippen molar-refractivity contribution in [2.45, 2.75) is 6.92 Å². The minimum absolute atomic E-state index is 0.0442. The Labute approximate surface area is 149 Å². The maximum absolute atomic E-state index is 11.8. The summed E-state index contributed by atoms with van der Waals surface area (Å²) in [6, 6.07) is 9.37. The van der Waals surface area contributed by atoms with Crippen LogP contribution in [0, 0.1) is 6.92 Å². The molecule has 0 spiro atoms. The van der Waals surface area contributed by atoms with Gasteiger partial charge in [0.05, 0.1) is 10.0 Å². The Morgan fingerprint density at radius 2 is 1.91 bits per heavy atom. The molecule has 0 fully saturated rings. The van der Waals surface area contributed by atoms with Gasteiger partial charge in [0.25, 0.3) is 0 Å². The number of aromatic carboxylic acids is 1. The zero-order chi connectivity index (χ0) is 17.0. The summed E-state index contributed by atoms with van der Waals surface area (Å²) < 4.78 is 12.2. The summed E-state index contributed by atoms with van der Waals surface area (Å²) in [6.07, 6.45) is 0. The lowest BCUT2D eigenvalue weighted by Gasteiger charge is -2.11. The van der Waals surface area contributed by atoms with Crippen molar-refractivity contribution in [2.75, 3.05) is 6.61 Å². The first-order valence-electron chi connectivity index (χ1n) is 6.49. The molecule has 0 amide bonds. The van der Waals surface area contributed by atoms with Crippen molar-refractivity contribution in [3.05, 3.63) is 56.5 Å². The number of benzene rings is 2. The van der Waals surface area contributed by atoms with Gasteiger partial charge in [-0.2, -0.15) is 0 Å². The predicted molar refractivity (Wildman–Crippen MR) is 91.1 cm³/mol. The van der Waals surface area contributed by atoms with Crippen molar-refractivity contribution >= 4 is 43.8 Å². The quantitative estimate of drug-likeness (QED) is 0.553. The summed E-state index contributed by atoms with van der Waals surface area (Å²) in [5, 5.41) is 8.90. The molecule has 0 heterocycles. The van der Waals surface area contributed by atoms with E-state index in [2.05, 4.69) is 31.9 Å². The number of halogens is 2. The fourth-order valence-corrected chi connectivity index (χ4v) is 3.41. The molecule has 120 valence electrons. The zero-order valence-corrected chi connectivity index (χ0v) is 15.2. The first-order chi connectivity index (χ1) is 10.9. The van der Waals surface area contributed by atoms with E-state index in [1.165, 1.54) is 24.3 Å². The standard InChI is InChI=1S/C16H12Br2O5/c1-9-5-11(17)7-13(18)15(9)22-8-14(19)23-12-4-2-3-10(6-12)16(20)21/h2-7H,8H2,1H3,(H,20,21). The molecule has 5 nitrogen and oxygen atoms in total. The molecule has 7 heteroatoms. The third-order valence-corrected chi connectivity index (χ3v) is 3.89. The molecule has 2 aromatic carbocycles. The Kier molecular flexibility index (Phi) is 5.79. The van der Waals surface area contributed by atoms with Crippen LogP contribution >= 0.6 is 31.9 Å². The van der Waals surface area contributed by atoms with Crippen LogP contribution in [0.2, 0.25) is 0 Å². The first-order valence-corrected chi connectivity index (χ1v) is 8.08. The molecule has 0 atom stereocenters. The van der Waals surface area contributed by atoms with E-state index in [9.17, 15) is 9.59 Å². The average Bonchev–Trinajstić information content (AvgIpc) is 2.46. The molecule has 0 aromatic heterocycles. The van der Waals surface area contributed by atoms with E-state index >= 15 is 0 Å². The number of ether oxygens (including phenoxy) is 2. The Hall–Kier alpha value is -1.86. The molecule has 0 aliphatic carbocycles. The normalized spacial score (nSPS) is 10.2. The highest BCUT2D eigenvalue weighted by Crippen LogP contribution is 2.32. The predicted octanol–water partition coefficient (Wildman–Crippen LogP) is 4.20. The lowest BCUT2D eigenvalue weighted by Crippen LogP contribution is -2.18. The number of rotatable bonds is 5. The van der Waals surface area contributed by atoms with Crippen LogP contribution in [-0.4, -0.2) is 23.7 Å². The van der Waals surface area contributed by atoms with Gasteiger partial charge < -0.3 is 14.6 Å². The average molecular weight is 444 g/mol. The van der Waals surface area contributed by atoms with Crippen LogP contribution in [0.5, 0.6) is 11.5 Å². The number of carboxylic acid groups (broad SMARTS) is 1. The van der Waals surface area contributed by atoms with E-state index < -0.39 is 11.9 Å². The summed E-state index contributed by atoms with van der Waals surface area (Å²) in [6.45, 7) is 1.56. The highest BCUT2D eigenvalue weighted by Gasteiger charge is 2.12. The van der Waals surface area contributed by atoms with Gasteiger partial charge in [-0.3, -0.25) is 0 Å². The number of carboxylic acids is 1. The van der Waals surface area contributed by atoms with E-state index in [1.54, 1.807) is 0 Å². The van der Waals surface area contributed by atoms with Crippen molar-refractivity contribution in [2.24, 2.45) is 0 Å². The van der Waals surface area contributed by atoms with Gasteiger partial charge in [-0.05, 0) is 58.7 Å². The molecule has 0 saturated heterocycles. The molecule has 0 aliphatic rings. The Morgan fingerprint density at radius 1 is 1.17 bits per heavy atom. The summed E-state index contributed by atoms with van der Waals surface area (Å²) in [4.78, 5) is 22.7. The third kappa shape index (κ3) is 4.80. The first kappa shape index (κ1) is 17.5. The van der Waals surface area contributed by atoms with Gasteiger partial charge in [0.15, 0.2) is 6.61 Å². The van der Waals surface area contributed by atoms with E-state index in [0.29, 0.717) is 10.2 Å². The maximum atomic E-state index is 11.8. The van der Waals surface area contributed by atoms with Crippen LogP contribution in [0.25, 0.3) is 0 Å². The zero-order valence-electron chi connectivity index (χ0n) is 12.0. The second-order valence-corrected chi connectivity index (χ2v) is 6.40. The Balaban J connectivity index is 2.01. The molecule has 2 aromatic rings. The van der Waals surface area contributed by atoms with Crippen LogP contribution < -0.4 is 9.47 Å². The Bertz CT molecular complexity index is 735. The molecule has 0 radical (unpaired) electrons. The van der Waals surface area contributed by atoms with Crippen molar-refractivity contribution in [3.8, 4) is 11.5 Å². The van der Waals surface area contributed by atoms with E-state index in [-0.39, 0.29) is 17.9 Å². The largest absolute Gasteiger partial charge is 0.480 e. The fourth-order valence-electron chi connectivity index (χ4n) is 1.86. The van der Waals surface area contributed by atoms with Crippen LogP contribution in [0.4, 0.5) is 0 Å². The molecule has 0 unspecified atom stereocenters. The van der Waals surface area contributed by atoms with Gasteiger partial charge in [0, 0.05) is 4.47 Å². The van der Waals surface area contributed by atoms with Crippen molar-refractivity contribution in [1.29, 1.82) is 0 Å². The van der Waals surface area contributed by atoms with E-state index in [4.69, 9.17) is 14.6 Å². The molecule has 23 heavy (non-hydrogen) atoms. The molecule has 0 aliphatic heterocycles. The van der Waals surface area contributed by atoms with E-state index in [0.717, 1.165) is 10.0 Å². The number of carbonyl (C=O) groups excluding carboxylic acids is 1. The monoisotopic (exact) mass is 442 g/mol. The highest BCUT2D eigenvalue weighted by molar-refractivity contribution is 9.11. The second-order valence-electron chi connectivity index (χ2n) is 4.63. The molecule has 1 N–H and O–H groups in total. The number of esters is 1. The molecular formula is C16H12Br2O5. The van der Waals surface area contributed by atoms with Crippen molar-refractivity contribution in [1.82, 2.24) is 0 Å². The van der Waals surface area contributed by atoms with Crippen molar-refractivity contribution < 1.29 is 24.2 Å². The van der Waals surface area contributed by atoms with Gasteiger partial charge in [0.2, 0.25) is 0 Å². The van der Waals surface area contributed by atoms with Gasteiger partial charge >= 0.3 is 11.9 Å². The van der Waals surface area contributed by atoms with Crippen LogP contribution in [-0.2, 0) is 4.79 Å². The van der Waals surface area contributed by atoms with Gasteiger partial charge in [-0.1, -0.05) is 22.0 Å². The highest BCUT2D eigenvalue weighted by atomic mass is 79.9. The lowest BCUT2D eigenvalue weighted by molar-refractivity contribution is -0.136. The number of carbonyl (C=O) groups is 2. The lowest BCUT2D eigenvalue weighted by atomic mass is 10.2. The van der Waals surface area contributed by atoms with Gasteiger partial charge in [0.1, 0.15) is 11.5 Å². The molecular weight excluding hydrogens is 432 g/mol. The summed E-state index contributed by atoms with van der Waals surface area (Å²) in [5.41, 5.74) is 0.898. The van der Waals surface area contributed by atoms with Gasteiger partial charge in [-0.25, -0.2) is 9.59 Å². The minimum atomic E-state index is -1.09. The number of aryl methyl sites for hydroxylation is 1. The van der Waals surface area contributed by atoms with E-state index in [1.807, 2.05) is 19.1 Å². The SMILES string of the molecule is Cc1cc(Br)cc(Br)c1OCC(=O)Oc1cccc(C(=O)O)c1. The van der Waals surface area contributed by atoms with Crippen LogP contribution in [0.15, 0.2) is 45.3 Å². The number of hydrogen-bond donors (Lipinski definition) is 1. The second kappa shape index (κ2) is 7.61. The van der Waals surface area contributed by atoms with Crippen LogP contribution in [0.3, 0.4) is 0 Å². The summed E-state index contributed by atoms with van der Waals surface area (Å²) in [7, 11) is 0. The van der Waals surface area contributed by atoms with Gasteiger partial charge in [-0.15, -0.1) is 0 Å². The third-order valence-electron chi connectivity index (χ3n) is 2.84. The minimum Gasteiger partial charge on any atom is -0.480 e. The molecule has 0 bridgehead atoms.